The summed E-state index contributed by atoms with van der Waals surface area (Å²) in [6.45, 7) is 4.66. The Kier molecular flexibility index (Phi) is 6.73. The average Bonchev–Trinajstić information content (AvgIpc) is 2.30. The molecular formula is C15H24FNO. The van der Waals surface area contributed by atoms with E-state index in [1.54, 1.807) is 6.07 Å². The molecule has 0 spiro atoms. The number of benzene rings is 1. The third kappa shape index (κ3) is 5.50. The second-order valence-electron chi connectivity index (χ2n) is 4.86. The van der Waals surface area contributed by atoms with E-state index in [0.717, 1.165) is 18.4 Å². The lowest BCUT2D eigenvalue weighted by Crippen LogP contribution is -2.17. The van der Waals surface area contributed by atoms with Gasteiger partial charge in [0.2, 0.25) is 0 Å². The fourth-order valence-electron chi connectivity index (χ4n) is 1.87. The zero-order chi connectivity index (χ0) is 13.4. The van der Waals surface area contributed by atoms with Gasteiger partial charge in [-0.05, 0) is 37.5 Å². The van der Waals surface area contributed by atoms with Crippen molar-refractivity contribution in [1.82, 2.24) is 0 Å². The van der Waals surface area contributed by atoms with Gasteiger partial charge in [0.05, 0.1) is 6.61 Å². The third-order valence-electron chi connectivity index (χ3n) is 2.81. The van der Waals surface area contributed by atoms with Gasteiger partial charge in [0.1, 0.15) is 0 Å². The van der Waals surface area contributed by atoms with E-state index in [-0.39, 0.29) is 11.9 Å². The second kappa shape index (κ2) is 8.09. The van der Waals surface area contributed by atoms with Crippen LogP contribution in [0.3, 0.4) is 0 Å². The van der Waals surface area contributed by atoms with E-state index in [9.17, 15) is 4.39 Å². The minimum absolute atomic E-state index is 0.0465. The van der Waals surface area contributed by atoms with Crippen molar-refractivity contribution in [3.8, 4) is 5.75 Å². The lowest BCUT2D eigenvalue weighted by molar-refractivity contribution is 0.290. The molecular weight excluding hydrogens is 229 g/mol. The molecule has 2 N–H and O–H groups in total. The first-order valence-corrected chi connectivity index (χ1v) is 6.80. The van der Waals surface area contributed by atoms with Gasteiger partial charge < -0.3 is 10.5 Å². The molecule has 1 atom stereocenters. The summed E-state index contributed by atoms with van der Waals surface area (Å²) in [6.07, 6.45) is 5.21. The highest BCUT2D eigenvalue weighted by Crippen LogP contribution is 2.19. The van der Waals surface area contributed by atoms with Crippen LogP contribution in [0.5, 0.6) is 5.75 Å². The second-order valence-corrected chi connectivity index (χ2v) is 4.86. The number of rotatable bonds is 8. The van der Waals surface area contributed by atoms with Crippen molar-refractivity contribution in [1.29, 1.82) is 0 Å². The van der Waals surface area contributed by atoms with Gasteiger partial charge in [0.15, 0.2) is 11.6 Å². The van der Waals surface area contributed by atoms with E-state index in [4.69, 9.17) is 10.5 Å². The lowest BCUT2D eigenvalue weighted by Gasteiger charge is -2.10. The highest BCUT2D eigenvalue weighted by molar-refractivity contribution is 5.29. The molecule has 0 saturated heterocycles. The van der Waals surface area contributed by atoms with E-state index in [1.807, 2.05) is 13.0 Å². The lowest BCUT2D eigenvalue weighted by atomic mass is 10.1. The van der Waals surface area contributed by atoms with Crippen molar-refractivity contribution in [2.45, 2.75) is 52.0 Å². The SMILES string of the molecule is CCCCCCOc1ccc(CC(C)N)cc1F. The molecule has 0 aliphatic rings. The molecule has 18 heavy (non-hydrogen) atoms. The van der Waals surface area contributed by atoms with Crippen molar-refractivity contribution >= 4 is 0 Å². The standard InChI is InChI=1S/C15H24FNO/c1-3-4-5-6-9-18-15-8-7-13(10-12(2)17)11-14(15)16/h7-8,11-12H,3-6,9-10,17H2,1-2H3. The van der Waals surface area contributed by atoms with Crippen LogP contribution >= 0.6 is 0 Å². The Hall–Kier alpha value is -1.09. The quantitative estimate of drug-likeness (QED) is 0.717. The minimum Gasteiger partial charge on any atom is -0.491 e. The summed E-state index contributed by atoms with van der Waals surface area (Å²) in [5, 5.41) is 0. The van der Waals surface area contributed by atoms with Crippen molar-refractivity contribution in [3.05, 3.63) is 29.6 Å². The predicted octanol–water partition coefficient (Wildman–Crippen LogP) is 3.67. The number of halogens is 1. The third-order valence-corrected chi connectivity index (χ3v) is 2.81. The molecule has 1 rings (SSSR count). The van der Waals surface area contributed by atoms with E-state index >= 15 is 0 Å². The zero-order valence-electron chi connectivity index (χ0n) is 11.4. The van der Waals surface area contributed by atoms with Crippen LogP contribution < -0.4 is 10.5 Å². The normalized spacial score (nSPS) is 12.4. The molecule has 0 aliphatic heterocycles. The molecule has 0 heterocycles. The van der Waals surface area contributed by atoms with Gasteiger partial charge in [-0.1, -0.05) is 32.3 Å². The first kappa shape index (κ1) is 15.0. The molecule has 2 nitrogen and oxygen atoms in total. The van der Waals surface area contributed by atoms with Crippen molar-refractivity contribution in [2.75, 3.05) is 6.61 Å². The maximum absolute atomic E-state index is 13.7. The molecule has 0 aromatic heterocycles. The van der Waals surface area contributed by atoms with Gasteiger partial charge in [-0.15, -0.1) is 0 Å². The molecule has 1 aromatic rings. The summed E-state index contributed by atoms with van der Waals surface area (Å²) in [5.41, 5.74) is 6.60. The Labute approximate surface area is 109 Å². The molecule has 0 amide bonds. The Balaban J connectivity index is 2.42. The van der Waals surface area contributed by atoms with Crippen molar-refractivity contribution in [3.63, 3.8) is 0 Å². The van der Waals surface area contributed by atoms with E-state index in [2.05, 4.69) is 6.92 Å². The van der Waals surface area contributed by atoms with Gasteiger partial charge in [-0.3, -0.25) is 0 Å². The van der Waals surface area contributed by atoms with Crippen LogP contribution in [-0.2, 0) is 6.42 Å². The highest BCUT2D eigenvalue weighted by atomic mass is 19.1. The van der Waals surface area contributed by atoms with Crippen LogP contribution in [0.25, 0.3) is 0 Å². The van der Waals surface area contributed by atoms with Crippen LogP contribution in [0.2, 0.25) is 0 Å². The molecule has 0 saturated carbocycles. The summed E-state index contributed by atoms with van der Waals surface area (Å²) in [4.78, 5) is 0. The van der Waals surface area contributed by atoms with E-state index in [1.165, 1.54) is 18.9 Å². The summed E-state index contributed by atoms with van der Waals surface area (Å²) >= 11 is 0. The zero-order valence-corrected chi connectivity index (χ0v) is 11.4. The number of hydrogen-bond donors (Lipinski definition) is 1. The van der Waals surface area contributed by atoms with Gasteiger partial charge in [0, 0.05) is 6.04 Å². The number of nitrogens with two attached hydrogens (primary N) is 1. The Morgan fingerprint density at radius 1 is 1.28 bits per heavy atom. The van der Waals surface area contributed by atoms with Gasteiger partial charge in [0.25, 0.3) is 0 Å². The van der Waals surface area contributed by atoms with Crippen LogP contribution in [0, 0.1) is 5.82 Å². The van der Waals surface area contributed by atoms with Crippen LogP contribution in [-0.4, -0.2) is 12.6 Å². The van der Waals surface area contributed by atoms with Gasteiger partial charge in [-0.25, -0.2) is 4.39 Å². The monoisotopic (exact) mass is 253 g/mol. The summed E-state index contributed by atoms with van der Waals surface area (Å²) < 4.78 is 19.1. The molecule has 0 radical (unpaired) electrons. The van der Waals surface area contributed by atoms with Gasteiger partial charge >= 0.3 is 0 Å². The maximum atomic E-state index is 13.7. The van der Waals surface area contributed by atoms with E-state index in [0.29, 0.717) is 18.8 Å². The van der Waals surface area contributed by atoms with Crippen LogP contribution in [0.15, 0.2) is 18.2 Å². The van der Waals surface area contributed by atoms with Crippen molar-refractivity contribution in [2.24, 2.45) is 5.73 Å². The highest BCUT2D eigenvalue weighted by Gasteiger charge is 2.06. The van der Waals surface area contributed by atoms with Gasteiger partial charge in [-0.2, -0.15) is 0 Å². The fraction of sp³-hybridized carbons (Fsp3) is 0.600. The summed E-state index contributed by atoms with van der Waals surface area (Å²) in [5.74, 6) is 0.0589. The first-order valence-electron chi connectivity index (χ1n) is 6.80. The maximum Gasteiger partial charge on any atom is 0.165 e. The van der Waals surface area contributed by atoms with Crippen molar-refractivity contribution < 1.29 is 9.13 Å². The number of hydrogen-bond acceptors (Lipinski definition) is 2. The van der Waals surface area contributed by atoms with Crippen LogP contribution in [0.4, 0.5) is 4.39 Å². The number of unbranched alkanes of at least 4 members (excludes halogenated alkanes) is 3. The Morgan fingerprint density at radius 3 is 2.67 bits per heavy atom. The first-order chi connectivity index (χ1) is 8.63. The molecule has 102 valence electrons. The summed E-state index contributed by atoms with van der Waals surface area (Å²) in [6, 6.07) is 5.15. The molecule has 0 bridgehead atoms. The smallest absolute Gasteiger partial charge is 0.165 e. The summed E-state index contributed by atoms with van der Waals surface area (Å²) in [7, 11) is 0. The molecule has 1 unspecified atom stereocenters. The minimum atomic E-state index is -0.288. The van der Waals surface area contributed by atoms with E-state index < -0.39 is 0 Å². The molecule has 0 fully saturated rings. The fourth-order valence-corrected chi connectivity index (χ4v) is 1.87. The average molecular weight is 253 g/mol. The Bertz CT molecular complexity index is 352. The predicted molar refractivity (Wildman–Crippen MR) is 73.4 cm³/mol. The topological polar surface area (TPSA) is 35.2 Å². The molecule has 1 aromatic carbocycles. The Morgan fingerprint density at radius 2 is 2.06 bits per heavy atom. The number of ether oxygens (including phenoxy) is 1. The molecule has 3 heteroatoms. The molecule has 0 aliphatic carbocycles. The van der Waals surface area contributed by atoms with Crippen LogP contribution in [0.1, 0.15) is 45.1 Å². The largest absolute Gasteiger partial charge is 0.491 e.